The number of benzene rings is 1. The fraction of sp³-hybridized carbons (Fsp3) is 0.600. The van der Waals surface area contributed by atoms with E-state index in [0.29, 0.717) is 5.41 Å². The van der Waals surface area contributed by atoms with Crippen LogP contribution in [0.25, 0.3) is 0 Å². The predicted octanol–water partition coefficient (Wildman–Crippen LogP) is 2.21. The highest BCUT2D eigenvalue weighted by Crippen LogP contribution is 2.33. The Morgan fingerprint density at radius 2 is 1.76 bits per heavy atom. The summed E-state index contributed by atoms with van der Waals surface area (Å²) in [5.74, 6) is 0. The van der Waals surface area contributed by atoms with Gasteiger partial charge in [-0.1, -0.05) is 44.2 Å². The Kier molecular flexibility index (Phi) is 2.72. The molecule has 0 radical (unpaired) electrons. The molecule has 17 heavy (non-hydrogen) atoms. The lowest BCUT2D eigenvalue weighted by Crippen LogP contribution is -2.67. The molecule has 2 saturated heterocycles. The summed E-state index contributed by atoms with van der Waals surface area (Å²) in [5, 5.41) is 0. The van der Waals surface area contributed by atoms with Gasteiger partial charge in [-0.2, -0.15) is 0 Å². The maximum Gasteiger partial charge on any atom is 0.0351 e. The smallest absolute Gasteiger partial charge is 0.0351 e. The minimum Gasteiger partial charge on any atom is -0.297 e. The first-order chi connectivity index (χ1) is 8.12. The lowest BCUT2D eigenvalue weighted by atomic mass is 9.82. The molecule has 92 valence electrons. The second-order valence-electron chi connectivity index (χ2n) is 6.40. The van der Waals surface area contributed by atoms with Crippen molar-refractivity contribution >= 4 is 0 Å². The van der Waals surface area contributed by atoms with Crippen molar-refractivity contribution in [2.75, 3.05) is 26.2 Å². The molecule has 2 nitrogen and oxygen atoms in total. The average molecular weight is 230 g/mol. The first kappa shape index (κ1) is 11.2. The van der Waals surface area contributed by atoms with Gasteiger partial charge in [-0.15, -0.1) is 0 Å². The van der Waals surface area contributed by atoms with Gasteiger partial charge in [0, 0.05) is 38.8 Å². The Bertz CT molecular complexity index is 371. The monoisotopic (exact) mass is 230 g/mol. The van der Waals surface area contributed by atoms with Gasteiger partial charge in [0.25, 0.3) is 0 Å². The highest BCUT2D eigenvalue weighted by molar-refractivity contribution is 5.15. The molecule has 0 saturated carbocycles. The highest BCUT2D eigenvalue weighted by Gasteiger charge is 2.42. The molecule has 1 aromatic rings. The van der Waals surface area contributed by atoms with Crippen LogP contribution in [0.1, 0.15) is 19.4 Å². The van der Waals surface area contributed by atoms with Crippen molar-refractivity contribution in [1.29, 1.82) is 0 Å². The van der Waals surface area contributed by atoms with Crippen molar-refractivity contribution in [3.63, 3.8) is 0 Å². The summed E-state index contributed by atoms with van der Waals surface area (Å²) >= 11 is 0. The summed E-state index contributed by atoms with van der Waals surface area (Å²) in [6.07, 6.45) is 0. The zero-order valence-corrected chi connectivity index (χ0v) is 10.9. The van der Waals surface area contributed by atoms with Gasteiger partial charge in [-0.25, -0.2) is 0 Å². The predicted molar refractivity (Wildman–Crippen MR) is 70.9 cm³/mol. The average Bonchev–Trinajstić information content (AvgIpc) is 2.21. The number of hydrogen-bond acceptors (Lipinski definition) is 2. The lowest BCUT2D eigenvalue weighted by Gasteiger charge is -2.55. The van der Waals surface area contributed by atoms with E-state index in [9.17, 15) is 0 Å². The van der Waals surface area contributed by atoms with Gasteiger partial charge in [0.15, 0.2) is 0 Å². The van der Waals surface area contributed by atoms with Crippen LogP contribution in [-0.4, -0.2) is 42.0 Å². The van der Waals surface area contributed by atoms with E-state index in [4.69, 9.17) is 0 Å². The summed E-state index contributed by atoms with van der Waals surface area (Å²) in [6, 6.07) is 11.6. The van der Waals surface area contributed by atoms with E-state index in [0.717, 1.165) is 12.6 Å². The zero-order valence-electron chi connectivity index (χ0n) is 10.9. The van der Waals surface area contributed by atoms with Gasteiger partial charge < -0.3 is 0 Å². The van der Waals surface area contributed by atoms with Gasteiger partial charge in [0.05, 0.1) is 0 Å². The number of likely N-dealkylation sites (tertiary alicyclic amines) is 2. The summed E-state index contributed by atoms with van der Waals surface area (Å²) in [5.41, 5.74) is 2.01. The lowest BCUT2D eigenvalue weighted by molar-refractivity contribution is -0.0669. The van der Waals surface area contributed by atoms with Crippen molar-refractivity contribution < 1.29 is 0 Å². The Morgan fingerprint density at radius 1 is 1.12 bits per heavy atom. The van der Waals surface area contributed by atoms with Crippen LogP contribution in [0.5, 0.6) is 0 Å². The molecular formula is C15H22N2. The molecule has 2 heteroatoms. The van der Waals surface area contributed by atoms with Crippen molar-refractivity contribution in [3.05, 3.63) is 35.9 Å². The van der Waals surface area contributed by atoms with Crippen LogP contribution >= 0.6 is 0 Å². The van der Waals surface area contributed by atoms with Gasteiger partial charge in [-0.05, 0) is 11.0 Å². The fourth-order valence-electron chi connectivity index (χ4n) is 3.06. The number of hydrogen-bond donors (Lipinski definition) is 0. The third kappa shape index (κ3) is 2.38. The molecule has 2 fully saturated rings. The number of rotatable bonds is 3. The molecule has 0 bridgehead atoms. The normalized spacial score (nSPS) is 25.3. The molecule has 0 unspecified atom stereocenters. The van der Waals surface area contributed by atoms with Crippen LogP contribution in [-0.2, 0) is 6.54 Å². The molecular weight excluding hydrogens is 208 g/mol. The van der Waals surface area contributed by atoms with Crippen molar-refractivity contribution in [1.82, 2.24) is 9.80 Å². The van der Waals surface area contributed by atoms with E-state index in [2.05, 4.69) is 54.0 Å². The highest BCUT2D eigenvalue weighted by atomic mass is 15.3. The molecule has 0 N–H and O–H groups in total. The molecule has 0 atom stereocenters. The first-order valence-electron chi connectivity index (χ1n) is 6.63. The zero-order chi connectivity index (χ0) is 11.9. The quantitative estimate of drug-likeness (QED) is 0.785. The van der Waals surface area contributed by atoms with Crippen molar-refractivity contribution in [2.24, 2.45) is 5.41 Å². The third-order valence-corrected chi connectivity index (χ3v) is 3.97. The summed E-state index contributed by atoms with van der Waals surface area (Å²) < 4.78 is 0. The van der Waals surface area contributed by atoms with Crippen LogP contribution in [0, 0.1) is 5.41 Å². The summed E-state index contributed by atoms with van der Waals surface area (Å²) in [7, 11) is 0. The van der Waals surface area contributed by atoms with Gasteiger partial charge in [-0.3, -0.25) is 9.80 Å². The number of nitrogens with zero attached hydrogens (tertiary/aromatic N) is 2. The summed E-state index contributed by atoms with van der Waals surface area (Å²) in [6.45, 7) is 10.9. The fourth-order valence-corrected chi connectivity index (χ4v) is 3.06. The second-order valence-corrected chi connectivity index (χ2v) is 6.40. The maximum atomic E-state index is 2.64. The molecule has 3 rings (SSSR count). The van der Waals surface area contributed by atoms with Crippen molar-refractivity contribution in [3.8, 4) is 0 Å². The molecule has 0 aromatic heterocycles. The van der Waals surface area contributed by atoms with Gasteiger partial charge >= 0.3 is 0 Å². The molecule has 1 aromatic carbocycles. The van der Waals surface area contributed by atoms with E-state index in [-0.39, 0.29) is 0 Å². The van der Waals surface area contributed by atoms with Crippen LogP contribution in [0.2, 0.25) is 0 Å². The van der Waals surface area contributed by atoms with E-state index in [1.807, 2.05) is 0 Å². The van der Waals surface area contributed by atoms with Gasteiger partial charge in [0.1, 0.15) is 0 Å². The Labute approximate surface area is 104 Å². The largest absolute Gasteiger partial charge is 0.297 e. The molecule has 2 heterocycles. The SMILES string of the molecule is CC1(C)CN(C2CN(Cc3ccccc3)C2)C1. The Morgan fingerprint density at radius 3 is 2.35 bits per heavy atom. The van der Waals surface area contributed by atoms with Crippen LogP contribution in [0.15, 0.2) is 30.3 Å². The topological polar surface area (TPSA) is 6.48 Å². The van der Waals surface area contributed by atoms with E-state index in [1.54, 1.807) is 0 Å². The molecule has 0 amide bonds. The maximum absolute atomic E-state index is 2.64. The van der Waals surface area contributed by atoms with E-state index < -0.39 is 0 Å². The minimum absolute atomic E-state index is 0.569. The molecule has 2 aliphatic heterocycles. The third-order valence-electron chi connectivity index (χ3n) is 3.97. The van der Waals surface area contributed by atoms with E-state index >= 15 is 0 Å². The van der Waals surface area contributed by atoms with Crippen LogP contribution in [0.4, 0.5) is 0 Å². The molecule has 0 aliphatic carbocycles. The Hall–Kier alpha value is -0.860. The molecule has 2 aliphatic rings. The Balaban J connectivity index is 1.44. The minimum atomic E-state index is 0.569. The molecule has 0 spiro atoms. The standard InChI is InChI=1S/C15H22N2/c1-15(2)11-17(12-15)14-9-16(10-14)8-13-6-4-3-5-7-13/h3-7,14H,8-12H2,1-2H3. The van der Waals surface area contributed by atoms with Crippen LogP contribution < -0.4 is 0 Å². The second kappa shape index (κ2) is 4.11. The van der Waals surface area contributed by atoms with Crippen LogP contribution in [0.3, 0.4) is 0 Å². The summed E-state index contributed by atoms with van der Waals surface area (Å²) in [4.78, 5) is 5.19. The van der Waals surface area contributed by atoms with Crippen molar-refractivity contribution in [2.45, 2.75) is 26.4 Å². The first-order valence-corrected chi connectivity index (χ1v) is 6.63. The van der Waals surface area contributed by atoms with Gasteiger partial charge in [0.2, 0.25) is 0 Å². The van der Waals surface area contributed by atoms with E-state index in [1.165, 1.54) is 31.7 Å².